The van der Waals surface area contributed by atoms with Gasteiger partial charge in [-0.3, -0.25) is 0 Å². The third kappa shape index (κ3) is 6.11. The highest BCUT2D eigenvalue weighted by molar-refractivity contribution is 7.87. The van der Waals surface area contributed by atoms with E-state index in [1.54, 1.807) is 0 Å². The lowest BCUT2D eigenvalue weighted by atomic mass is 9.94. The molecule has 0 aromatic heterocycles. The lowest BCUT2D eigenvalue weighted by Gasteiger charge is -2.45. The molecule has 12 heteroatoms. The van der Waals surface area contributed by atoms with E-state index in [2.05, 4.69) is 4.18 Å². The van der Waals surface area contributed by atoms with Crippen molar-refractivity contribution >= 4 is 24.5 Å². The molecule has 1 amide bonds. The smallest absolute Gasteiger partial charge is 0.465 e. The summed E-state index contributed by atoms with van der Waals surface area (Å²) < 4.78 is 71.6. The molecular formula is C17H30F3NO6SSi. The number of carbonyl (C=O) groups is 1. The van der Waals surface area contributed by atoms with Crippen molar-refractivity contribution in [2.75, 3.05) is 0 Å². The first-order valence-corrected chi connectivity index (χ1v) is 13.5. The molecule has 0 fully saturated rings. The molecule has 0 bridgehead atoms. The van der Waals surface area contributed by atoms with E-state index in [1.165, 1.54) is 0 Å². The van der Waals surface area contributed by atoms with Crippen molar-refractivity contribution in [1.82, 2.24) is 4.90 Å². The molecule has 170 valence electrons. The zero-order chi connectivity index (χ0) is 23.0. The summed E-state index contributed by atoms with van der Waals surface area (Å²) in [6, 6.07) is -0.884. The van der Waals surface area contributed by atoms with Gasteiger partial charge in [-0.05, 0) is 43.0 Å². The first kappa shape index (κ1) is 25.8. The topological polar surface area (TPSA) is 93.1 Å². The van der Waals surface area contributed by atoms with Crippen molar-refractivity contribution in [3.63, 3.8) is 0 Å². The Balaban J connectivity index is 3.37. The predicted octanol–water partition coefficient (Wildman–Crippen LogP) is 4.88. The van der Waals surface area contributed by atoms with Gasteiger partial charge in [0.25, 0.3) is 0 Å². The SMILES string of the molecule is CC(C)C[C@@H]1[C@@H](O[Si](C)(C)C(C)(C)C)CC=C(OS(=O)(=O)C(F)(F)F)N1C(=O)O. The van der Waals surface area contributed by atoms with E-state index in [4.69, 9.17) is 4.43 Å². The molecule has 29 heavy (non-hydrogen) atoms. The molecule has 0 saturated carbocycles. The molecule has 0 unspecified atom stereocenters. The van der Waals surface area contributed by atoms with Gasteiger partial charge in [0.15, 0.2) is 8.32 Å². The molecule has 7 nitrogen and oxygen atoms in total. The molecule has 0 spiro atoms. The number of halogens is 3. The Kier molecular flexibility index (Phi) is 7.52. The van der Waals surface area contributed by atoms with Crippen LogP contribution in [0.2, 0.25) is 18.1 Å². The van der Waals surface area contributed by atoms with Gasteiger partial charge in [0.05, 0.1) is 12.1 Å². The number of nitrogens with zero attached hydrogens (tertiary/aromatic N) is 1. The van der Waals surface area contributed by atoms with Gasteiger partial charge >= 0.3 is 21.7 Å². The lowest BCUT2D eigenvalue weighted by molar-refractivity contribution is -0.0554. The molecule has 0 aromatic carbocycles. The number of rotatable bonds is 6. The maximum absolute atomic E-state index is 12.7. The Morgan fingerprint density at radius 3 is 2.21 bits per heavy atom. The van der Waals surface area contributed by atoms with Crippen molar-refractivity contribution in [3.8, 4) is 0 Å². The summed E-state index contributed by atoms with van der Waals surface area (Å²) in [5, 5.41) is 9.48. The quantitative estimate of drug-likeness (QED) is 0.344. The van der Waals surface area contributed by atoms with Gasteiger partial charge in [0.2, 0.25) is 5.88 Å². The molecule has 0 aromatic rings. The summed E-state index contributed by atoms with van der Waals surface area (Å²) in [7, 11) is -8.33. The van der Waals surface area contributed by atoms with E-state index in [9.17, 15) is 31.5 Å². The van der Waals surface area contributed by atoms with E-state index >= 15 is 0 Å². The largest absolute Gasteiger partial charge is 0.534 e. The zero-order valence-corrected chi connectivity index (χ0v) is 19.5. The van der Waals surface area contributed by atoms with Crippen LogP contribution >= 0.6 is 0 Å². The minimum absolute atomic E-state index is 0.0223. The monoisotopic (exact) mass is 461 g/mol. The summed E-state index contributed by atoms with van der Waals surface area (Å²) in [4.78, 5) is 12.4. The Morgan fingerprint density at radius 2 is 1.83 bits per heavy atom. The molecule has 1 N–H and O–H groups in total. The lowest BCUT2D eigenvalue weighted by Crippen LogP contribution is -2.55. The van der Waals surface area contributed by atoms with Crippen LogP contribution in [-0.2, 0) is 18.7 Å². The summed E-state index contributed by atoms with van der Waals surface area (Å²) in [5.41, 5.74) is -5.67. The van der Waals surface area contributed by atoms with Crippen molar-refractivity contribution in [1.29, 1.82) is 0 Å². The van der Waals surface area contributed by atoms with Crippen molar-refractivity contribution in [2.45, 2.75) is 83.2 Å². The second-order valence-corrected chi connectivity index (χ2v) is 15.3. The number of amides is 1. The van der Waals surface area contributed by atoms with Crippen molar-refractivity contribution in [2.24, 2.45) is 5.92 Å². The summed E-state index contributed by atoms with van der Waals surface area (Å²) in [5.74, 6) is -0.888. The standard InChI is InChI=1S/C17H30F3NO6SSi/c1-11(2)10-12-13(27-29(6,7)16(3,4)5)8-9-14(21(12)15(22)23)26-28(24,25)17(18,19)20/h9,11-13H,8,10H2,1-7H3,(H,22,23)/t12-,13+/m1/s1. The Labute approximate surface area is 171 Å². The molecule has 0 aliphatic carbocycles. The van der Waals surface area contributed by atoms with E-state index < -0.39 is 48.1 Å². The highest BCUT2D eigenvalue weighted by Crippen LogP contribution is 2.41. The van der Waals surface area contributed by atoms with Gasteiger partial charge in [-0.15, -0.1) is 0 Å². The molecule has 2 atom stereocenters. The third-order valence-corrected chi connectivity index (χ3v) is 10.6. The van der Waals surface area contributed by atoms with Gasteiger partial charge in [0, 0.05) is 0 Å². The second kappa shape index (κ2) is 8.46. The van der Waals surface area contributed by atoms with E-state index in [0.717, 1.165) is 6.08 Å². The fourth-order valence-electron chi connectivity index (χ4n) is 2.69. The third-order valence-electron chi connectivity index (χ3n) is 5.17. The maximum atomic E-state index is 12.7. The van der Waals surface area contributed by atoms with E-state index in [-0.39, 0.29) is 23.8 Å². The van der Waals surface area contributed by atoms with Gasteiger partial charge in [-0.2, -0.15) is 21.6 Å². The summed E-state index contributed by atoms with van der Waals surface area (Å²) in [6.45, 7) is 13.6. The molecular weight excluding hydrogens is 431 g/mol. The van der Waals surface area contributed by atoms with Gasteiger partial charge in [-0.1, -0.05) is 34.6 Å². The zero-order valence-electron chi connectivity index (χ0n) is 17.7. The summed E-state index contributed by atoms with van der Waals surface area (Å²) in [6.07, 6.45) is -0.904. The number of alkyl halides is 3. The highest BCUT2D eigenvalue weighted by atomic mass is 32.2. The minimum atomic E-state index is -6.00. The Bertz CT molecular complexity index is 743. The van der Waals surface area contributed by atoms with Crippen LogP contribution in [0.15, 0.2) is 12.0 Å². The normalized spacial score (nSPS) is 21.9. The number of hydrogen-bond acceptors (Lipinski definition) is 5. The first-order valence-electron chi connectivity index (χ1n) is 9.21. The van der Waals surface area contributed by atoms with Crippen LogP contribution < -0.4 is 0 Å². The van der Waals surface area contributed by atoms with Crippen molar-refractivity contribution < 1.29 is 40.1 Å². The fourth-order valence-corrected chi connectivity index (χ4v) is 4.53. The Morgan fingerprint density at radius 1 is 1.31 bits per heavy atom. The molecule has 1 aliphatic heterocycles. The molecule has 1 heterocycles. The fraction of sp³-hybridized carbons (Fsp3) is 0.824. The van der Waals surface area contributed by atoms with Gasteiger partial charge in [-0.25, -0.2) is 9.69 Å². The first-order chi connectivity index (χ1) is 12.8. The average molecular weight is 462 g/mol. The van der Waals surface area contributed by atoms with Crippen LogP contribution in [0.3, 0.4) is 0 Å². The Hall–Kier alpha value is -1.27. The van der Waals surface area contributed by atoms with Crippen LogP contribution in [0.25, 0.3) is 0 Å². The van der Waals surface area contributed by atoms with Crippen LogP contribution in [0.5, 0.6) is 0 Å². The second-order valence-electron chi connectivity index (χ2n) is 9.03. The van der Waals surface area contributed by atoms with Crippen LogP contribution in [-0.4, -0.2) is 50.5 Å². The van der Waals surface area contributed by atoms with Crippen LogP contribution in [0.4, 0.5) is 18.0 Å². The van der Waals surface area contributed by atoms with Crippen LogP contribution in [0, 0.1) is 5.92 Å². The molecule has 1 aliphatic rings. The maximum Gasteiger partial charge on any atom is 0.534 e. The molecule has 1 rings (SSSR count). The van der Waals surface area contributed by atoms with Gasteiger partial charge < -0.3 is 13.7 Å². The van der Waals surface area contributed by atoms with E-state index in [0.29, 0.717) is 4.90 Å². The minimum Gasteiger partial charge on any atom is -0.465 e. The average Bonchev–Trinajstić information content (AvgIpc) is 2.46. The predicted molar refractivity (Wildman–Crippen MR) is 104 cm³/mol. The highest BCUT2D eigenvalue weighted by Gasteiger charge is 2.51. The molecule has 0 radical (unpaired) electrons. The van der Waals surface area contributed by atoms with Crippen LogP contribution in [0.1, 0.15) is 47.5 Å². The van der Waals surface area contributed by atoms with E-state index in [1.807, 2.05) is 47.7 Å². The summed E-state index contributed by atoms with van der Waals surface area (Å²) >= 11 is 0. The number of hydrogen-bond donors (Lipinski definition) is 1. The number of carboxylic acid groups (broad SMARTS) is 1. The van der Waals surface area contributed by atoms with Crippen molar-refractivity contribution in [3.05, 3.63) is 12.0 Å². The van der Waals surface area contributed by atoms with Gasteiger partial charge in [0.1, 0.15) is 0 Å². The molecule has 0 saturated heterocycles.